The van der Waals surface area contributed by atoms with Crippen molar-refractivity contribution in [2.75, 3.05) is 27.2 Å². The molecule has 0 unspecified atom stereocenters. The summed E-state index contributed by atoms with van der Waals surface area (Å²) in [5, 5.41) is 1.13. The van der Waals surface area contributed by atoms with Gasteiger partial charge in [0.2, 0.25) is 0 Å². The van der Waals surface area contributed by atoms with Crippen molar-refractivity contribution in [3.05, 3.63) is 63.2 Å². The molecule has 3 rings (SSSR count). The quantitative estimate of drug-likeness (QED) is 0.480. The van der Waals surface area contributed by atoms with Crippen LogP contribution in [0.5, 0.6) is 0 Å². The number of halogens is 1. The van der Waals surface area contributed by atoms with E-state index in [1.54, 1.807) is 20.2 Å². The van der Waals surface area contributed by atoms with Crippen LogP contribution < -0.4 is 11.5 Å². The van der Waals surface area contributed by atoms with E-state index in [1.165, 1.54) is 10.6 Å². The Morgan fingerprint density at radius 1 is 1.31 bits per heavy atom. The van der Waals surface area contributed by atoms with E-state index in [1.807, 2.05) is 33.0 Å². The second-order valence-corrected chi connectivity index (χ2v) is 8.69. The van der Waals surface area contributed by atoms with Gasteiger partial charge in [-0.1, -0.05) is 19.9 Å². The first kappa shape index (κ1) is 25.7. The third kappa shape index (κ3) is 5.81. The largest absolute Gasteiger partial charge is 0.398 e. The fraction of sp³-hybridized carbons (Fsp3) is 0.417. The molecule has 0 spiro atoms. The van der Waals surface area contributed by atoms with Crippen LogP contribution in [0, 0.1) is 0 Å². The maximum absolute atomic E-state index is 11.9. The predicted octanol–water partition coefficient (Wildman–Crippen LogP) is 3.66. The minimum absolute atomic E-state index is 0.189. The molecule has 174 valence electrons. The number of aromatic nitrogens is 2. The summed E-state index contributed by atoms with van der Waals surface area (Å²) < 4.78 is 3.20. The van der Waals surface area contributed by atoms with Gasteiger partial charge in [0.15, 0.2) is 0 Å². The van der Waals surface area contributed by atoms with Gasteiger partial charge < -0.3 is 20.9 Å². The Morgan fingerprint density at radius 3 is 2.56 bits per heavy atom. The van der Waals surface area contributed by atoms with Gasteiger partial charge in [0, 0.05) is 68.2 Å². The highest BCUT2D eigenvalue weighted by Gasteiger charge is 2.17. The number of carbonyl (C=O) groups is 1. The van der Waals surface area contributed by atoms with E-state index in [-0.39, 0.29) is 11.6 Å². The van der Waals surface area contributed by atoms with Crippen LogP contribution >= 0.6 is 15.9 Å². The average Bonchev–Trinajstić information content (AvgIpc) is 3.11. The highest BCUT2D eigenvalue weighted by molar-refractivity contribution is 9.10. The number of hydrogen-bond donors (Lipinski definition) is 2. The number of nitrogens with two attached hydrogens (primary N) is 2. The molecule has 0 aliphatic carbocycles. The highest BCUT2D eigenvalue weighted by atomic mass is 79.9. The smallest absolute Gasteiger partial charge is 0.269 e. The van der Waals surface area contributed by atoms with E-state index in [0.29, 0.717) is 5.70 Å². The Labute approximate surface area is 199 Å². The van der Waals surface area contributed by atoms with Crippen LogP contribution in [0.2, 0.25) is 0 Å². The molecule has 1 amide bonds. The Hall–Kier alpha value is -2.58. The molecule has 8 heteroatoms. The molecule has 0 saturated carbocycles. The van der Waals surface area contributed by atoms with E-state index < -0.39 is 0 Å². The molecule has 0 fully saturated rings. The summed E-state index contributed by atoms with van der Waals surface area (Å²) >= 11 is 3.61. The molecule has 1 aliphatic heterocycles. The van der Waals surface area contributed by atoms with Crippen LogP contribution in [0.1, 0.15) is 32.9 Å². The van der Waals surface area contributed by atoms with Gasteiger partial charge in [0.05, 0.1) is 5.70 Å². The third-order valence-electron chi connectivity index (χ3n) is 5.45. The zero-order valence-corrected chi connectivity index (χ0v) is 21.5. The van der Waals surface area contributed by atoms with Crippen molar-refractivity contribution in [1.82, 2.24) is 19.4 Å². The maximum Gasteiger partial charge on any atom is 0.269 e. The number of hydrogen-bond acceptors (Lipinski definition) is 5. The molecular weight excluding hydrogens is 468 g/mol. The minimum atomic E-state index is -0.220. The first-order valence-electron chi connectivity index (χ1n) is 10.8. The van der Waals surface area contributed by atoms with Crippen molar-refractivity contribution in [2.45, 2.75) is 33.7 Å². The first-order chi connectivity index (χ1) is 15.2. The van der Waals surface area contributed by atoms with Gasteiger partial charge in [-0.15, -0.1) is 0 Å². The second kappa shape index (κ2) is 11.3. The highest BCUT2D eigenvalue weighted by Crippen LogP contribution is 2.26. The fourth-order valence-corrected chi connectivity index (χ4v) is 4.01. The number of allylic oxidation sites excluding steroid dienone is 3. The molecule has 7 nitrogen and oxygen atoms in total. The lowest BCUT2D eigenvalue weighted by molar-refractivity contribution is -0.124. The number of rotatable bonds is 5. The lowest BCUT2D eigenvalue weighted by atomic mass is 10.0. The minimum Gasteiger partial charge on any atom is -0.398 e. The van der Waals surface area contributed by atoms with Crippen LogP contribution in [0.25, 0.3) is 11.0 Å². The summed E-state index contributed by atoms with van der Waals surface area (Å²) in [6.45, 7) is 8.45. The lowest BCUT2D eigenvalue weighted by Gasteiger charge is -2.27. The summed E-state index contributed by atoms with van der Waals surface area (Å²) in [5.41, 5.74) is 17.2. The second-order valence-electron chi connectivity index (χ2n) is 7.84. The van der Waals surface area contributed by atoms with Crippen molar-refractivity contribution < 1.29 is 4.79 Å². The SMILES string of the molecule is CC.CC(/C=C(\N)C(=O)N(C)C)=C(/N)C1=CCN(Cc2cc3c(Br)ccnc3n2C)CC1. The van der Waals surface area contributed by atoms with Gasteiger partial charge in [0.25, 0.3) is 5.91 Å². The van der Waals surface area contributed by atoms with E-state index in [0.717, 1.165) is 52.7 Å². The van der Waals surface area contributed by atoms with Gasteiger partial charge in [-0.05, 0) is 58.6 Å². The van der Waals surface area contributed by atoms with Crippen molar-refractivity contribution >= 4 is 32.9 Å². The van der Waals surface area contributed by atoms with Gasteiger partial charge in [0.1, 0.15) is 5.65 Å². The summed E-state index contributed by atoms with van der Waals surface area (Å²) in [6.07, 6.45) is 6.49. The monoisotopic (exact) mass is 502 g/mol. The van der Waals surface area contributed by atoms with Crippen LogP contribution in [-0.2, 0) is 18.4 Å². The van der Waals surface area contributed by atoms with Crippen LogP contribution in [-0.4, -0.2) is 52.4 Å². The molecule has 3 heterocycles. The normalized spacial score (nSPS) is 15.6. The van der Waals surface area contributed by atoms with E-state index in [9.17, 15) is 4.79 Å². The molecule has 1 aliphatic rings. The molecule has 4 N–H and O–H groups in total. The zero-order chi connectivity index (χ0) is 24.0. The van der Waals surface area contributed by atoms with Gasteiger partial charge in [-0.3, -0.25) is 9.69 Å². The maximum atomic E-state index is 11.9. The number of nitrogens with zero attached hydrogens (tertiary/aromatic N) is 4. The molecule has 32 heavy (non-hydrogen) atoms. The van der Waals surface area contributed by atoms with Gasteiger partial charge >= 0.3 is 0 Å². The summed E-state index contributed by atoms with van der Waals surface area (Å²) in [4.78, 5) is 20.3. The van der Waals surface area contributed by atoms with Crippen molar-refractivity contribution in [3.63, 3.8) is 0 Å². The Morgan fingerprint density at radius 2 is 2.00 bits per heavy atom. The fourth-order valence-electron chi connectivity index (χ4n) is 3.60. The number of carbonyl (C=O) groups excluding carboxylic acids is 1. The molecule has 0 bridgehead atoms. The standard InChI is InChI=1S/C22H29BrN6O.C2H6/c1-14(11-19(24)22(30)27(2)3)20(25)15-6-9-29(10-7-15)13-16-12-17-18(23)5-8-26-21(17)28(16)4;1-2/h5-6,8,11-12H,7,9-10,13,24-25H2,1-4H3;1-2H3/b19-11-,20-14-;. The van der Waals surface area contributed by atoms with Gasteiger partial charge in [-0.2, -0.15) is 0 Å². The molecule has 2 aromatic heterocycles. The predicted molar refractivity (Wildman–Crippen MR) is 136 cm³/mol. The van der Waals surface area contributed by atoms with E-state index >= 15 is 0 Å². The van der Waals surface area contributed by atoms with Crippen molar-refractivity contribution in [3.8, 4) is 0 Å². The first-order valence-corrected chi connectivity index (χ1v) is 11.6. The number of amides is 1. The molecule has 2 aromatic rings. The zero-order valence-electron chi connectivity index (χ0n) is 19.9. The Balaban J connectivity index is 0.00000176. The number of pyridine rings is 1. The summed E-state index contributed by atoms with van der Waals surface area (Å²) in [5.74, 6) is -0.220. The number of likely N-dealkylation sites (N-methyl/N-ethyl adjacent to an activating group) is 1. The van der Waals surface area contributed by atoms with Crippen LogP contribution in [0.3, 0.4) is 0 Å². The molecule has 0 aromatic carbocycles. The molecule has 0 saturated heterocycles. The summed E-state index contributed by atoms with van der Waals surface area (Å²) in [6, 6.07) is 4.16. The molecule has 0 atom stereocenters. The number of aryl methyl sites for hydroxylation is 1. The van der Waals surface area contributed by atoms with E-state index in [2.05, 4.69) is 49.6 Å². The molecular formula is C24H35BrN6O. The number of fused-ring (bicyclic) bond motifs is 1. The summed E-state index contributed by atoms with van der Waals surface area (Å²) in [7, 11) is 5.40. The third-order valence-corrected chi connectivity index (χ3v) is 6.14. The topological polar surface area (TPSA) is 93.4 Å². The Bertz CT molecular complexity index is 1060. The van der Waals surface area contributed by atoms with E-state index in [4.69, 9.17) is 11.5 Å². The van der Waals surface area contributed by atoms with Crippen LogP contribution in [0.15, 0.2) is 57.5 Å². The lowest BCUT2D eigenvalue weighted by Crippen LogP contribution is -2.30. The van der Waals surface area contributed by atoms with Gasteiger partial charge in [-0.25, -0.2) is 4.98 Å². The average molecular weight is 503 g/mol. The molecule has 0 radical (unpaired) electrons. The van der Waals surface area contributed by atoms with Crippen molar-refractivity contribution in [1.29, 1.82) is 0 Å². The Kier molecular flexibility index (Phi) is 9.09. The van der Waals surface area contributed by atoms with Crippen LogP contribution in [0.4, 0.5) is 0 Å². The van der Waals surface area contributed by atoms with Crippen molar-refractivity contribution in [2.24, 2.45) is 18.5 Å².